The zero-order chi connectivity index (χ0) is 27.2. The molecule has 0 bridgehead atoms. The van der Waals surface area contributed by atoms with E-state index >= 15 is 0 Å². The number of nitrogens with one attached hydrogen (secondary N) is 2. The van der Waals surface area contributed by atoms with Crippen LogP contribution in [0.3, 0.4) is 0 Å². The lowest BCUT2D eigenvalue weighted by atomic mass is 9.98. The van der Waals surface area contributed by atoms with Gasteiger partial charge in [0.25, 0.3) is 5.91 Å². The van der Waals surface area contributed by atoms with Crippen molar-refractivity contribution in [3.8, 4) is 5.88 Å². The molecule has 0 aliphatic heterocycles. The maximum atomic E-state index is 13.6. The van der Waals surface area contributed by atoms with Gasteiger partial charge in [0.15, 0.2) is 0 Å². The Morgan fingerprint density at radius 3 is 2.22 bits per heavy atom. The van der Waals surface area contributed by atoms with Crippen LogP contribution in [-0.4, -0.2) is 70.8 Å². The Morgan fingerprint density at radius 1 is 1.00 bits per heavy atom. The summed E-state index contributed by atoms with van der Waals surface area (Å²) in [6.45, 7) is -1.42. The van der Waals surface area contributed by atoms with Gasteiger partial charge < -0.3 is 26.0 Å². The molecule has 6 N–H and O–H groups in total. The van der Waals surface area contributed by atoms with Crippen LogP contribution in [0.4, 0.5) is 23.0 Å². The van der Waals surface area contributed by atoms with Crippen LogP contribution >= 0.6 is 11.5 Å². The van der Waals surface area contributed by atoms with Gasteiger partial charge in [-0.25, -0.2) is 18.0 Å². The van der Waals surface area contributed by atoms with Crippen molar-refractivity contribution in [3.05, 3.63) is 39.9 Å². The standard InChI is InChI=1S/C23H32F3N5O5S/c24-11-15-3-4-16(12-25)18(17(15)13-26)14-36-21-19(20(27)34)22(37-30-21)29-23(35)28-5-1-2-6-31(7-9-32)8-10-33/h3-4,32-33H,1-2,5-14H2,(H2,27,34)(H2,28,29,35). The number of aromatic nitrogens is 1. The third kappa shape index (κ3) is 8.84. The van der Waals surface area contributed by atoms with Gasteiger partial charge in [-0.3, -0.25) is 15.0 Å². The van der Waals surface area contributed by atoms with Gasteiger partial charge in [-0.2, -0.15) is 4.37 Å². The predicted octanol–water partition coefficient (Wildman–Crippen LogP) is 2.42. The number of aliphatic hydroxyl groups is 2. The topological polar surface area (TPSA) is 150 Å². The Morgan fingerprint density at radius 2 is 1.65 bits per heavy atom. The van der Waals surface area contributed by atoms with E-state index in [4.69, 9.17) is 20.7 Å². The monoisotopic (exact) mass is 547 g/mol. The van der Waals surface area contributed by atoms with E-state index in [0.29, 0.717) is 32.6 Å². The number of ether oxygens (including phenoxy) is 1. The number of amides is 3. The minimum absolute atomic E-state index is 0.0125. The zero-order valence-corrected chi connectivity index (χ0v) is 21.1. The van der Waals surface area contributed by atoms with Crippen molar-refractivity contribution in [2.75, 3.05) is 44.7 Å². The number of halogens is 3. The number of aliphatic hydroxyl groups excluding tert-OH is 2. The van der Waals surface area contributed by atoms with Crippen molar-refractivity contribution >= 4 is 28.5 Å². The molecule has 0 radical (unpaired) electrons. The summed E-state index contributed by atoms with van der Waals surface area (Å²) in [6.07, 6.45) is 1.35. The number of primary amides is 1. The average molecular weight is 548 g/mol. The lowest BCUT2D eigenvalue weighted by Gasteiger charge is -2.19. The highest BCUT2D eigenvalue weighted by atomic mass is 32.1. The molecular weight excluding hydrogens is 515 g/mol. The van der Waals surface area contributed by atoms with E-state index in [2.05, 4.69) is 15.0 Å². The van der Waals surface area contributed by atoms with Crippen molar-refractivity contribution in [2.24, 2.45) is 5.73 Å². The normalized spacial score (nSPS) is 11.1. The smallest absolute Gasteiger partial charge is 0.319 e. The van der Waals surface area contributed by atoms with Gasteiger partial charge in [0.05, 0.1) is 13.2 Å². The molecule has 37 heavy (non-hydrogen) atoms. The van der Waals surface area contributed by atoms with E-state index in [1.165, 1.54) is 12.1 Å². The van der Waals surface area contributed by atoms with Crippen LogP contribution in [-0.2, 0) is 26.6 Å². The highest BCUT2D eigenvalue weighted by Gasteiger charge is 2.23. The van der Waals surface area contributed by atoms with E-state index in [-0.39, 0.29) is 58.5 Å². The molecule has 206 valence electrons. The second-order valence-electron chi connectivity index (χ2n) is 7.96. The van der Waals surface area contributed by atoms with Gasteiger partial charge in [-0.1, -0.05) is 12.1 Å². The Bertz CT molecular complexity index is 1020. The predicted molar refractivity (Wildman–Crippen MR) is 133 cm³/mol. The second kappa shape index (κ2) is 16.0. The van der Waals surface area contributed by atoms with Gasteiger partial charge in [-0.15, -0.1) is 0 Å². The average Bonchev–Trinajstić information content (AvgIpc) is 3.29. The summed E-state index contributed by atoms with van der Waals surface area (Å²) in [7, 11) is 0. The number of rotatable bonds is 17. The molecule has 0 aliphatic carbocycles. The first kappa shape index (κ1) is 30.3. The third-order valence-corrected chi connectivity index (χ3v) is 6.30. The number of anilines is 1. The summed E-state index contributed by atoms with van der Waals surface area (Å²) in [5.41, 5.74) is 5.53. The van der Waals surface area contributed by atoms with E-state index in [1.807, 2.05) is 4.90 Å². The number of unbranched alkanes of at least 4 members (excludes halogenated alkanes) is 1. The molecular formula is C23H32F3N5O5S. The van der Waals surface area contributed by atoms with Crippen LogP contribution in [0.1, 0.15) is 45.5 Å². The summed E-state index contributed by atoms with van der Waals surface area (Å²) in [6, 6.07) is 2.05. The van der Waals surface area contributed by atoms with E-state index in [1.54, 1.807) is 0 Å². The summed E-state index contributed by atoms with van der Waals surface area (Å²) in [5, 5.41) is 23.2. The van der Waals surface area contributed by atoms with Crippen molar-refractivity contribution in [3.63, 3.8) is 0 Å². The number of nitrogens with two attached hydrogens (primary N) is 1. The fraction of sp³-hybridized carbons (Fsp3) is 0.522. The molecule has 2 aromatic rings. The maximum absolute atomic E-state index is 13.6. The number of carbonyl (C=O) groups is 2. The lowest BCUT2D eigenvalue weighted by molar-refractivity contribution is 0.0996. The highest BCUT2D eigenvalue weighted by Crippen LogP contribution is 2.32. The maximum Gasteiger partial charge on any atom is 0.319 e. The molecule has 0 aliphatic rings. The van der Waals surface area contributed by atoms with Gasteiger partial charge in [0.2, 0.25) is 5.88 Å². The molecule has 0 saturated carbocycles. The number of nitrogens with zero attached hydrogens (tertiary/aromatic N) is 2. The molecule has 0 saturated heterocycles. The van der Waals surface area contributed by atoms with Crippen LogP contribution in [0.5, 0.6) is 5.88 Å². The molecule has 14 heteroatoms. The SMILES string of the molecule is NC(=O)c1c(OCc2c(CF)ccc(CF)c2CF)nsc1NC(=O)NCCCCN(CCO)CCO. The fourth-order valence-corrected chi connectivity index (χ4v) is 4.37. The Hall–Kier alpha value is -2.94. The first-order valence-corrected chi connectivity index (χ1v) is 12.4. The lowest BCUT2D eigenvalue weighted by Crippen LogP contribution is -2.32. The number of benzene rings is 1. The van der Waals surface area contributed by atoms with Crippen molar-refractivity contribution in [2.45, 2.75) is 39.5 Å². The van der Waals surface area contributed by atoms with Crippen molar-refractivity contribution in [1.82, 2.24) is 14.6 Å². The minimum Gasteiger partial charge on any atom is -0.472 e. The van der Waals surface area contributed by atoms with Crippen LogP contribution in [0, 0.1) is 0 Å². The summed E-state index contributed by atoms with van der Waals surface area (Å²) >= 11 is 0.744. The molecule has 0 spiro atoms. The Labute approximate surface area is 216 Å². The van der Waals surface area contributed by atoms with Crippen molar-refractivity contribution in [1.29, 1.82) is 0 Å². The zero-order valence-electron chi connectivity index (χ0n) is 20.3. The van der Waals surface area contributed by atoms with Crippen LogP contribution in [0.15, 0.2) is 12.1 Å². The molecule has 3 amide bonds. The van der Waals surface area contributed by atoms with Gasteiger partial charge >= 0.3 is 6.03 Å². The number of alkyl halides is 3. The van der Waals surface area contributed by atoms with E-state index in [0.717, 1.165) is 18.0 Å². The molecule has 0 fully saturated rings. The highest BCUT2D eigenvalue weighted by molar-refractivity contribution is 7.11. The van der Waals surface area contributed by atoms with Gasteiger partial charge in [-0.05, 0) is 47.6 Å². The van der Waals surface area contributed by atoms with Gasteiger partial charge in [0.1, 0.15) is 37.2 Å². The summed E-state index contributed by atoms with van der Waals surface area (Å²) in [4.78, 5) is 26.2. The number of urea groups is 1. The number of hydrogen-bond acceptors (Lipinski definition) is 8. The first-order valence-electron chi connectivity index (χ1n) is 11.6. The Balaban J connectivity index is 1.99. The van der Waals surface area contributed by atoms with E-state index in [9.17, 15) is 22.8 Å². The first-order chi connectivity index (χ1) is 17.9. The second-order valence-corrected chi connectivity index (χ2v) is 8.74. The molecule has 0 unspecified atom stereocenters. The summed E-state index contributed by atoms with van der Waals surface area (Å²) in [5.74, 6) is -1.15. The quantitative estimate of drug-likeness (QED) is 0.191. The van der Waals surface area contributed by atoms with Crippen molar-refractivity contribution < 1.29 is 37.7 Å². The third-order valence-electron chi connectivity index (χ3n) is 5.55. The largest absolute Gasteiger partial charge is 0.472 e. The molecule has 1 aromatic carbocycles. The molecule has 10 nitrogen and oxygen atoms in total. The minimum atomic E-state index is -1.03. The van der Waals surface area contributed by atoms with Crippen LogP contribution in [0.2, 0.25) is 0 Å². The van der Waals surface area contributed by atoms with Gasteiger partial charge in [0, 0.05) is 25.2 Å². The van der Waals surface area contributed by atoms with E-state index < -0.39 is 32.0 Å². The molecule has 0 atom stereocenters. The molecule has 1 aromatic heterocycles. The fourth-order valence-electron chi connectivity index (χ4n) is 3.63. The molecule has 2 rings (SSSR count). The summed E-state index contributed by atoms with van der Waals surface area (Å²) < 4.78 is 49.8. The number of carbonyl (C=O) groups excluding carboxylic acids is 2. The van der Waals surface area contributed by atoms with Crippen LogP contribution in [0.25, 0.3) is 0 Å². The molecule has 1 heterocycles. The Kier molecular flexibility index (Phi) is 13.1. The van der Waals surface area contributed by atoms with Crippen LogP contribution < -0.4 is 21.1 Å². The number of hydrogen-bond donors (Lipinski definition) is 5.